The molecule has 6 heteroatoms. The molecule has 0 fully saturated rings. The zero-order chi connectivity index (χ0) is 23.2. The number of unbranched alkanes of at least 4 members (excludes halogenated alkanes) is 13. The van der Waals surface area contributed by atoms with Gasteiger partial charge in [0.05, 0.1) is 11.6 Å². The lowest BCUT2D eigenvalue weighted by Crippen LogP contribution is -2.08. The van der Waals surface area contributed by atoms with Crippen molar-refractivity contribution in [2.24, 2.45) is 0 Å². The molecule has 0 radical (unpaired) electrons. The van der Waals surface area contributed by atoms with Crippen molar-refractivity contribution in [3.8, 4) is 0 Å². The first-order valence-electron chi connectivity index (χ1n) is 12.2. The molecule has 180 valence electrons. The average molecular weight is 502 g/mol. The third-order valence-corrected chi connectivity index (χ3v) is 8.07. The molecule has 0 amide bonds. The molecule has 0 unspecified atom stereocenters. The smallest absolute Gasteiger partial charge is 0.266 e. The Kier molecular flexibility index (Phi) is 13.0. The Hall–Kier alpha value is -0.810. The normalized spacial score (nSPS) is 12.0. The summed E-state index contributed by atoms with van der Waals surface area (Å²) in [7, 11) is -3.94. The first kappa shape index (κ1) is 27.4. The highest BCUT2D eigenvalue weighted by Gasteiger charge is 2.22. The molecule has 0 saturated heterocycles. The summed E-state index contributed by atoms with van der Waals surface area (Å²) in [6.07, 6.45) is 17.5. The van der Waals surface area contributed by atoms with Gasteiger partial charge in [0, 0.05) is 15.8 Å². The summed E-state index contributed by atoms with van der Waals surface area (Å²) >= 11 is 12.6. The first-order chi connectivity index (χ1) is 15.5. The fraction of sp³-hybridized carbons (Fsp3) is 0.615. The van der Waals surface area contributed by atoms with Gasteiger partial charge in [-0.15, -0.1) is 0 Å². The van der Waals surface area contributed by atoms with Crippen LogP contribution in [0.1, 0.15) is 96.8 Å². The van der Waals surface area contributed by atoms with Crippen LogP contribution in [0.4, 0.5) is 0 Å². The Labute approximate surface area is 205 Å². The molecule has 2 aromatic carbocycles. The van der Waals surface area contributed by atoms with Gasteiger partial charge in [0.2, 0.25) is 0 Å². The van der Waals surface area contributed by atoms with E-state index in [1.807, 2.05) is 12.1 Å². The van der Waals surface area contributed by atoms with Gasteiger partial charge in [-0.25, -0.2) is 0 Å². The molecular weight excluding hydrogens is 463 g/mol. The monoisotopic (exact) mass is 500 g/mol. The van der Waals surface area contributed by atoms with Crippen LogP contribution in [0.5, 0.6) is 0 Å². The van der Waals surface area contributed by atoms with Gasteiger partial charge in [-0.1, -0.05) is 138 Å². The van der Waals surface area contributed by atoms with Crippen LogP contribution in [-0.2, 0) is 14.3 Å². The van der Waals surface area contributed by atoms with E-state index in [0.29, 0.717) is 10.4 Å². The van der Waals surface area contributed by atoms with Crippen LogP contribution < -0.4 is 0 Å². The highest BCUT2D eigenvalue weighted by atomic mass is 35.5. The largest absolute Gasteiger partial charge is 0.298 e. The van der Waals surface area contributed by atoms with E-state index in [0.717, 1.165) is 24.6 Å². The van der Waals surface area contributed by atoms with Crippen molar-refractivity contribution in [1.29, 1.82) is 0 Å². The summed E-state index contributed by atoms with van der Waals surface area (Å²) in [4.78, 5) is -0.0618. The maximum Gasteiger partial charge on any atom is 0.298 e. The van der Waals surface area contributed by atoms with Crippen molar-refractivity contribution in [2.45, 2.75) is 102 Å². The molecule has 0 bridgehead atoms. The van der Waals surface area contributed by atoms with E-state index in [9.17, 15) is 8.42 Å². The van der Waals surface area contributed by atoms with E-state index in [-0.39, 0.29) is 16.5 Å². The third kappa shape index (κ3) is 9.21. The minimum Gasteiger partial charge on any atom is -0.266 e. The summed E-state index contributed by atoms with van der Waals surface area (Å²) < 4.78 is 30.5. The molecule has 0 aliphatic rings. The fourth-order valence-corrected chi connectivity index (χ4v) is 5.88. The van der Waals surface area contributed by atoms with Crippen molar-refractivity contribution in [3.63, 3.8) is 0 Å². The van der Waals surface area contributed by atoms with Crippen LogP contribution >= 0.6 is 23.2 Å². The van der Waals surface area contributed by atoms with Crippen LogP contribution in [0, 0.1) is 0 Å². The molecule has 0 aromatic heterocycles. The maximum absolute atomic E-state index is 12.6. The fourth-order valence-electron chi connectivity index (χ4n) is 3.98. The zero-order valence-corrected chi connectivity index (χ0v) is 21.7. The standard InChI is InChI=1S/C26H38Cl2O3S/c1-2-3-4-5-6-7-8-9-10-11-12-13-14-17-20-31-32(29,30)25-21-24(27)22-18-15-16-19-23(22)26(25)28/h15-16,18-19,21H,2-14,17,20H2,1H3. The summed E-state index contributed by atoms with van der Waals surface area (Å²) in [5.74, 6) is 0. The molecule has 0 aliphatic heterocycles. The van der Waals surface area contributed by atoms with Gasteiger partial charge in [0.1, 0.15) is 4.90 Å². The third-order valence-electron chi connectivity index (χ3n) is 5.90. The summed E-state index contributed by atoms with van der Waals surface area (Å²) in [6.45, 7) is 2.43. The highest BCUT2D eigenvalue weighted by molar-refractivity contribution is 7.87. The van der Waals surface area contributed by atoms with Crippen molar-refractivity contribution in [1.82, 2.24) is 0 Å². The molecule has 0 heterocycles. The maximum atomic E-state index is 12.6. The lowest BCUT2D eigenvalue weighted by Gasteiger charge is -2.11. The second-order valence-electron chi connectivity index (χ2n) is 8.59. The molecule has 32 heavy (non-hydrogen) atoms. The van der Waals surface area contributed by atoms with Crippen molar-refractivity contribution in [3.05, 3.63) is 40.4 Å². The molecule has 2 rings (SSSR count). The van der Waals surface area contributed by atoms with Crippen molar-refractivity contribution in [2.75, 3.05) is 6.61 Å². The minimum atomic E-state index is -3.94. The second-order valence-corrected chi connectivity index (χ2v) is 11.0. The number of hydrogen-bond donors (Lipinski definition) is 0. The van der Waals surface area contributed by atoms with Gasteiger partial charge in [0.15, 0.2) is 0 Å². The molecular formula is C26H38Cl2O3S. The van der Waals surface area contributed by atoms with Gasteiger partial charge < -0.3 is 0 Å². The van der Waals surface area contributed by atoms with Gasteiger partial charge in [0.25, 0.3) is 10.1 Å². The van der Waals surface area contributed by atoms with Crippen molar-refractivity contribution >= 4 is 44.1 Å². The molecule has 0 spiro atoms. The molecule has 0 N–H and O–H groups in total. The van der Waals surface area contributed by atoms with E-state index in [1.54, 1.807) is 12.1 Å². The van der Waals surface area contributed by atoms with Crippen molar-refractivity contribution < 1.29 is 12.6 Å². The Bertz CT molecular complexity index is 913. The topological polar surface area (TPSA) is 43.4 Å². The molecule has 0 aliphatic carbocycles. The Morgan fingerprint density at radius 1 is 0.719 bits per heavy atom. The van der Waals surface area contributed by atoms with Gasteiger partial charge >= 0.3 is 0 Å². The van der Waals surface area contributed by atoms with Gasteiger partial charge in [-0.2, -0.15) is 8.42 Å². The quantitative estimate of drug-likeness (QED) is 0.160. The number of benzene rings is 2. The lowest BCUT2D eigenvalue weighted by atomic mass is 10.0. The number of rotatable bonds is 17. The predicted molar refractivity (Wildman–Crippen MR) is 137 cm³/mol. The number of hydrogen-bond acceptors (Lipinski definition) is 3. The SMILES string of the molecule is CCCCCCCCCCCCCCCCOS(=O)(=O)c1cc(Cl)c2ccccc2c1Cl. The lowest BCUT2D eigenvalue weighted by molar-refractivity contribution is 0.306. The minimum absolute atomic E-state index is 0.0618. The summed E-state index contributed by atoms with van der Waals surface area (Å²) in [6, 6.07) is 8.60. The van der Waals surface area contributed by atoms with Crippen LogP contribution in [0.15, 0.2) is 35.2 Å². The Morgan fingerprint density at radius 2 is 1.19 bits per heavy atom. The number of fused-ring (bicyclic) bond motifs is 1. The van der Waals surface area contributed by atoms with Crippen LogP contribution in [0.2, 0.25) is 10.0 Å². The van der Waals surface area contributed by atoms with E-state index in [1.165, 1.54) is 76.7 Å². The van der Waals surface area contributed by atoms with Crippen LogP contribution in [0.25, 0.3) is 10.8 Å². The first-order valence-corrected chi connectivity index (χ1v) is 14.4. The van der Waals surface area contributed by atoms with Crippen LogP contribution in [0.3, 0.4) is 0 Å². The van der Waals surface area contributed by atoms with Gasteiger partial charge in [-0.3, -0.25) is 4.18 Å². The Morgan fingerprint density at radius 3 is 1.72 bits per heavy atom. The second kappa shape index (κ2) is 15.2. The summed E-state index contributed by atoms with van der Waals surface area (Å²) in [5.41, 5.74) is 0. The van der Waals surface area contributed by atoms with E-state index >= 15 is 0 Å². The van der Waals surface area contributed by atoms with Crippen LogP contribution in [-0.4, -0.2) is 15.0 Å². The predicted octanol–water partition coefficient (Wildman–Crippen LogP) is 9.33. The zero-order valence-electron chi connectivity index (χ0n) is 19.4. The van der Waals surface area contributed by atoms with Gasteiger partial charge in [-0.05, 0) is 12.5 Å². The number of halogens is 2. The highest BCUT2D eigenvalue weighted by Crippen LogP contribution is 2.36. The molecule has 0 atom stereocenters. The molecule has 3 nitrogen and oxygen atoms in total. The molecule has 0 saturated carbocycles. The molecule has 2 aromatic rings. The van der Waals surface area contributed by atoms with E-state index < -0.39 is 10.1 Å². The summed E-state index contributed by atoms with van der Waals surface area (Å²) in [5, 5.41) is 1.85. The average Bonchev–Trinajstić information content (AvgIpc) is 2.78. The van der Waals surface area contributed by atoms with E-state index in [4.69, 9.17) is 27.4 Å². The Balaban J connectivity index is 1.59. The van der Waals surface area contributed by atoms with E-state index in [2.05, 4.69) is 6.92 Å².